The number of hydrazone groups is 1. The summed E-state index contributed by atoms with van der Waals surface area (Å²) < 4.78 is 10.8. The van der Waals surface area contributed by atoms with E-state index < -0.39 is 5.54 Å². The number of carbonyl (C=O) groups is 1. The molecule has 8 nitrogen and oxygen atoms in total. The van der Waals surface area contributed by atoms with Gasteiger partial charge >= 0.3 is 0 Å². The molecule has 1 aromatic carbocycles. The molecule has 32 heavy (non-hydrogen) atoms. The van der Waals surface area contributed by atoms with Crippen molar-refractivity contribution in [1.82, 2.24) is 20.5 Å². The van der Waals surface area contributed by atoms with Gasteiger partial charge in [-0.05, 0) is 42.7 Å². The lowest BCUT2D eigenvalue weighted by molar-refractivity contribution is -0.132. The Kier molecular flexibility index (Phi) is 5.57. The highest BCUT2D eigenvalue weighted by Crippen LogP contribution is 2.38. The molecule has 1 unspecified atom stereocenters. The molecule has 0 saturated heterocycles. The molecule has 166 valence electrons. The van der Waals surface area contributed by atoms with E-state index in [1.165, 1.54) is 5.01 Å². The maximum atomic E-state index is 13.3. The molecule has 9 heteroatoms. The Labute approximate surface area is 190 Å². The highest BCUT2D eigenvalue weighted by atomic mass is 35.5. The third-order valence-electron chi connectivity index (χ3n) is 6.21. The molecule has 1 amide bonds. The lowest BCUT2D eigenvalue weighted by Crippen LogP contribution is -2.46. The number of aryl methyl sites for hydroxylation is 1. The number of hydrogen-bond donors (Lipinski definition) is 1. The average Bonchev–Trinajstić information content (AvgIpc) is 3.59. The van der Waals surface area contributed by atoms with E-state index in [4.69, 9.17) is 20.5 Å². The SMILES string of the molecule is Cc1nc(C2(NCC(=O)N3N=C(c4ccc(Cl)cc4)CC3c3ccco3)CCCC2)no1. The molecule has 3 aromatic rings. The van der Waals surface area contributed by atoms with Gasteiger partial charge in [-0.1, -0.05) is 41.7 Å². The standard InChI is InChI=1S/C23H24ClN5O3/c1-15-26-22(28-32-15)23(10-2-3-11-23)25-14-21(30)29-19(20-5-4-12-31-20)13-18(27-29)16-6-8-17(24)9-7-16/h4-9,12,19,25H,2-3,10-11,13-14H2,1H3. The number of rotatable bonds is 6. The number of hydrogen-bond acceptors (Lipinski definition) is 7. The lowest BCUT2D eigenvalue weighted by Gasteiger charge is -2.28. The zero-order valence-electron chi connectivity index (χ0n) is 17.8. The van der Waals surface area contributed by atoms with Crippen LogP contribution in [0.4, 0.5) is 0 Å². The number of amides is 1. The maximum absolute atomic E-state index is 13.3. The fourth-order valence-electron chi connectivity index (χ4n) is 4.54. The summed E-state index contributed by atoms with van der Waals surface area (Å²) in [4.78, 5) is 17.8. The Hall–Kier alpha value is -2.97. The summed E-state index contributed by atoms with van der Waals surface area (Å²) in [5.74, 6) is 1.71. The first-order valence-corrected chi connectivity index (χ1v) is 11.2. The average molecular weight is 454 g/mol. The first kappa shape index (κ1) is 20.9. The van der Waals surface area contributed by atoms with E-state index in [0.717, 1.165) is 37.0 Å². The molecule has 1 fully saturated rings. The van der Waals surface area contributed by atoms with Crippen molar-refractivity contribution in [1.29, 1.82) is 0 Å². The molecule has 1 aliphatic carbocycles. The minimum absolute atomic E-state index is 0.113. The van der Waals surface area contributed by atoms with E-state index in [-0.39, 0.29) is 18.5 Å². The topological polar surface area (TPSA) is 96.8 Å². The van der Waals surface area contributed by atoms with E-state index >= 15 is 0 Å². The molecule has 2 aliphatic rings. The van der Waals surface area contributed by atoms with Gasteiger partial charge in [-0.3, -0.25) is 10.1 Å². The van der Waals surface area contributed by atoms with Gasteiger partial charge in [-0.25, -0.2) is 5.01 Å². The van der Waals surface area contributed by atoms with Gasteiger partial charge < -0.3 is 8.94 Å². The summed E-state index contributed by atoms with van der Waals surface area (Å²) in [5.41, 5.74) is 1.31. The highest BCUT2D eigenvalue weighted by Gasteiger charge is 2.41. The monoisotopic (exact) mass is 453 g/mol. The summed E-state index contributed by atoms with van der Waals surface area (Å²) in [6.45, 7) is 1.89. The molecular weight excluding hydrogens is 430 g/mol. The van der Waals surface area contributed by atoms with E-state index in [0.29, 0.717) is 28.9 Å². The Morgan fingerprint density at radius 3 is 2.69 bits per heavy atom. The van der Waals surface area contributed by atoms with Gasteiger partial charge in [0.15, 0.2) is 5.82 Å². The first-order chi connectivity index (χ1) is 15.5. The molecule has 1 saturated carbocycles. The molecule has 0 spiro atoms. The van der Waals surface area contributed by atoms with Crippen molar-refractivity contribution >= 4 is 23.2 Å². The van der Waals surface area contributed by atoms with Crippen LogP contribution < -0.4 is 5.32 Å². The Morgan fingerprint density at radius 1 is 1.25 bits per heavy atom. The molecular formula is C23H24ClN5O3. The number of furan rings is 1. The zero-order chi connectivity index (χ0) is 22.1. The minimum atomic E-state index is -0.448. The maximum Gasteiger partial charge on any atom is 0.257 e. The van der Waals surface area contributed by atoms with E-state index in [9.17, 15) is 4.79 Å². The third-order valence-corrected chi connectivity index (χ3v) is 6.46. The van der Waals surface area contributed by atoms with Crippen LogP contribution in [0.15, 0.2) is 56.7 Å². The molecule has 1 aliphatic heterocycles. The summed E-state index contributed by atoms with van der Waals surface area (Å²) in [6.07, 6.45) is 6.00. The van der Waals surface area contributed by atoms with Crippen molar-refractivity contribution in [2.75, 3.05) is 6.54 Å². The van der Waals surface area contributed by atoms with Crippen LogP contribution in [0.1, 0.15) is 61.2 Å². The fraction of sp³-hybridized carbons (Fsp3) is 0.391. The molecule has 1 atom stereocenters. The van der Waals surface area contributed by atoms with Crippen LogP contribution >= 0.6 is 11.6 Å². The van der Waals surface area contributed by atoms with Gasteiger partial charge in [-0.2, -0.15) is 10.1 Å². The quantitative estimate of drug-likeness (QED) is 0.595. The van der Waals surface area contributed by atoms with E-state index in [1.807, 2.05) is 36.4 Å². The van der Waals surface area contributed by atoms with Crippen LogP contribution in [0.25, 0.3) is 0 Å². The number of halogens is 1. The van der Waals surface area contributed by atoms with Crippen molar-refractivity contribution in [2.45, 2.75) is 50.6 Å². The van der Waals surface area contributed by atoms with E-state index in [1.54, 1.807) is 13.2 Å². The third kappa shape index (κ3) is 3.96. The van der Waals surface area contributed by atoms with Crippen molar-refractivity contribution in [3.05, 3.63) is 70.7 Å². The zero-order valence-corrected chi connectivity index (χ0v) is 18.5. The molecule has 1 N–H and O–H groups in total. The van der Waals surface area contributed by atoms with Crippen LogP contribution in [0.5, 0.6) is 0 Å². The highest BCUT2D eigenvalue weighted by molar-refractivity contribution is 6.30. The van der Waals surface area contributed by atoms with Gasteiger partial charge in [0.05, 0.1) is 24.1 Å². The van der Waals surface area contributed by atoms with Crippen LogP contribution in [0, 0.1) is 6.92 Å². The summed E-state index contributed by atoms with van der Waals surface area (Å²) in [5, 5.41) is 14.4. The molecule has 0 radical (unpaired) electrons. The largest absolute Gasteiger partial charge is 0.467 e. The Morgan fingerprint density at radius 2 is 2.03 bits per heavy atom. The van der Waals surface area contributed by atoms with Crippen molar-refractivity contribution in [3.8, 4) is 0 Å². The number of benzene rings is 1. The van der Waals surface area contributed by atoms with Crippen LogP contribution in [-0.4, -0.2) is 33.3 Å². The smallest absolute Gasteiger partial charge is 0.257 e. The molecule has 0 bridgehead atoms. The Balaban J connectivity index is 1.37. The van der Waals surface area contributed by atoms with Gasteiger partial charge in [0.2, 0.25) is 5.89 Å². The normalized spacial score (nSPS) is 20.0. The van der Waals surface area contributed by atoms with Crippen LogP contribution in [0.2, 0.25) is 5.02 Å². The van der Waals surface area contributed by atoms with Crippen LogP contribution in [0.3, 0.4) is 0 Å². The Bertz CT molecular complexity index is 1120. The van der Waals surface area contributed by atoms with Gasteiger partial charge in [0.1, 0.15) is 11.8 Å². The minimum Gasteiger partial charge on any atom is -0.467 e. The molecule has 3 heterocycles. The van der Waals surface area contributed by atoms with Crippen LogP contribution in [-0.2, 0) is 10.3 Å². The second-order valence-electron chi connectivity index (χ2n) is 8.31. The second kappa shape index (κ2) is 8.52. The van der Waals surface area contributed by atoms with E-state index in [2.05, 4.69) is 20.6 Å². The predicted octanol–water partition coefficient (Wildman–Crippen LogP) is 4.36. The van der Waals surface area contributed by atoms with Crippen molar-refractivity contribution < 1.29 is 13.7 Å². The molecule has 5 rings (SSSR count). The first-order valence-electron chi connectivity index (χ1n) is 10.8. The second-order valence-corrected chi connectivity index (χ2v) is 8.74. The summed E-state index contributed by atoms with van der Waals surface area (Å²) >= 11 is 6.03. The molecule has 2 aromatic heterocycles. The predicted molar refractivity (Wildman–Crippen MR) is 118 cm³/mol. The lowest BCUT2D eigenvalue weighted by atomic mass is 9.96. The number of nitrogens with zero attached hydrogens (tertiary/aromatic N) is 4. The number of aromatic nitrogens is 2. The number of carbonyl (C=O) groups excluding carboxylic acids is 1. The van der Waals surface area contributed by atoms with Crippen molar-refractivity contribution in [3.63, 3.8) is 0 Å². The summed E-state index contributed by atoms with van der Waals surface area (Å²) in [7, 11) is 0. The fourth-order valence-corrected chi connectivity index (χ4v) is 4.66. The van der Waals surface area contributed by atoms with Gasteiger partial charge in [0, 0.05) is 18.4 Å². The summed E-state index contributed by atoms with van der Waals surface area (Å²) in [6, 6.07) is 10.9. The number of nitrogens with one attached hydrogen (secondary N) is 1. The van der Waals surface area contributed by atoms with Gasteiger partial charge in [0.25, 0.3) is 5.91 Å². The van der Waals surface area contributed by atoms with Gasteiger partial charge in [-0.15, -0.1) is 0 Å². The van der Waals surface area contributed by atoms with Crippen molar-refractivity contribution in [2.24, 2.45) is 5.10 Å².